The van der Waals surface area contributed by atoms with Gasteiger partial charge in [0.2, 0.25) is 5.95 Å². The second kappa shape index (κ2) is 5.39. The van der Waals surface area contributed by atoms with E-state index in [9.17, 15) is 10.1 Å². The fourth-order valence-electron chi connectivity index (χ4n) is 1.66. The zero-order valence-corrected chi connectivity index (χ0v) is 10.9. The molecule has 1 heterocycles. The zero-order valence-electron chi connectivity index (χ0n) is 10.9. The third-order valence-corrected chi connectivity index (χ3v) is 2.56. The van der Waals surface area contributed by atoms with Crippen LogP contribution in [0, 0.1) is 24.0 Å². The predicted octanol–water partition coefficient (Wildman–Crippen LogP) is 3.00. The first-order valence-electron chi connectivity index (χ1n) is 5.74. The van der Waals surface area contributed by atoms with Gasteiger partial charge in [-0.1, -0.05) is 6.07 Å². The highest BCUT2D eigenvalue weighted by Crippen LogP contribution is 2.25. The Balaban J connectivity index is 2.35. The molecule has 20 heavy (non-hydrogen) atoms. The first-order chi connectivity index (χ1) is 9.47. The van der Waals surface area contributed by atoms with Crippen LogP contribution in [-0.2, 0) is 0 Å². The lowest BCUT2D eigenvalue weighted by molar-refractivity contribution is -0.384. The van der Waals surface area contributed by atoms with Crippen molar-refractivity contribution in [2.24, 2.45) is 10.2 Å². The monoisotopic (exact) mass is 272 g/mol. The van der Waals surface area contributed by atoms with E-state index >= 15 is 0 Å². The van der Waals surface area contributed by atoms with Crippen molar-refractivity contribution in [3.8, 4) is 0 Å². The summed E-state index contributed by atoms with van der Waals surface area (Å²) < 4.78 is 0. The molecular weight excluding hydrogens is 260 g/mol. The van der Waals surface area contributed by atoms with Gasteiger partial charge in [0.1, 0.15) is 5.69 Å². The number of rotatable bonds is 3. The van der Waals surface area contributed by atoms with Gasteiger partial charge in [-0.05, 0) is 19.9 Å². The Hall–Kier alpha value is -2.90. The van der Waals surface area contributed by atoms with Gasteiger partial charge in [-0.2, -0.15) is 5.11 Å². The number of non-ortho nitro benzene ring substituents is 1. The van der Waals surface area contributed by atoms with E-state index in [1.807, 2.05) is 0 Å². The number of hydrogen-bond donors (Lipinski definition) is 1. The van der Waals surface area contributed by atoms with Crippen molar-refractivity contribution in [3.05, 3.63) is 45.8 Å². The fourth-order valence-corrected chi connectivity index (χ4v) is 1.66. The summed E-state index contributed by atoms with van der Waals surface area (Å²) in [6, 6.07) is 5.90. The zero-order chi connectivity index (χ0) is 14.7. The standard InChI is InChI=1S/C12H12N6O2/c1-7-11(8(2)15-12(13)14-7)17-16-9-4-3-5-10(6-9)18(19)20/h3-6H,1-2H3,(H2,13,14,15). The number of aromatic nitrogens is 2. The molecule has 2 aromatic rings. The van der Waals surface area contributed by atoms with E-state index in [2.05, 4.69) is 20.2 Å². The summed E-state index contributed by atoms with van der Waals surface area (Å²) in [6.07, 6.45) is 0. The highest BCUT2D eigenvalue weighted by Gasteiger charge is 2.07. The van der Waals surface area contributed by atoms with Crippen LogP contribution in [0.25, 0.3) is 0 Å². The highest BCUT2D eigenvalue weighted by molar-refractivity contribution is 5.50. The van der Waals surface area contributed by atoms with Crippen LogP contribution in [0.5, 0.6) is 0 Å². The first-order valence-corrected chi connectivity index (χ1v) is 5.74. The van der Waals surface area contributed by atoms with Gasteiger partial charge in [0.25, 0.3) is 5.69 Å². The molecule has 2 N–H and O–H groups in total. The molecule has 0 saturated heterocycles. The molecule has 0 aliphatic carbocycles. The minimum absolute atomic E-state index is 0.0385. The molecule has 8 nitrogen and oxygen atoms in total. The molecule has 0 saturated carbocycles. The molecule has 0 fully saturated rings. The Kier molecular flexibility index (Phi) is 3.65. The van der Waals surface area contributed by atoms with Crippen LogP contribution < -0.4 is 5.73 Å². The second-order valence-electron chi connectivity index (χ2n) is 4.08. The summed E-state index contributed by atoms with van der Waals surface area (Å²) in [5.41, 5.74) is 7.57. The molecule has 1 aromatic heterocycles. The molecule has 2 rings (SSSR count). The lowest BCUT2D eigenvalue weighted by atomic mass is 10.3. The normalized spacial score (nSPS) is 10.9. The largest absolute Gasteiger partial charge is 0.368 e. The Labute approximate surface area is 114 Å². The third kappa shape index (κ3) is 2.91. The molecule has 0 aliphatic heterocycles. The van der Waals surface area contributed by atoms with Crippen LogP contribution in [0.2, 0.25) is 0 Å². The molecule has 0 bridgehead atoms. The average Bonchev–Trinajstić information content (AvgIpc) is 2.37. The van der Waals surface area contributed by atoms with E-state index in [-0.39, 0.29) is 11.6 Å². The van der Waals surface area contributed by atoms with Crippen molar-refractivity contribution in [2.75, 3.05) is 5.73 Å². The molecule has 0 spiro atoms. The van der Waals surface area contributed by atoms with Crippen molar-refractivity contribution in [3.63, 3.8) is 0 Å². The topological polar surface area (TPSA) is 120 Å². The smallest absolute Gasteiger partial charge is 0.271 e. The Morgan fingerprint density at radius 2 is 1.85 bits per heavy atom. The molecule has 0 atom stereocenters. The number of benzene rings is 1. The maximum absolute atomic E-state index is 10.7. The highest BCUT2D eigenvalue weighted by atomic mass is 16.6. The van der Waals surface area contributed by atoms with Crippen LogP contribution in [0.4, 0.5) is 23.0 Å². The molecule has 0 amide bonds. The number of nitrogen functional groups attached to an aromatic ring is 1. The van der Waals surface area contributed by atoms with Gasteiger partial charge in [0.05, 0.1) is 22.0 Å². The van der Waals surface area contributed by atoms with E-state index in [0.717, 1.165) is 0 Å². The molecule has 0 aliphatic rings. The first kappa shape index (κ1) is 13.5. The number of nitro benzene ring substituents is 1. The van der Waals surface area contributed by atoms with Crippen LogP contribution in [-0.4, -0.2) is 14.9 Å². The number of nitrogens with zero attached hydrogens (tertiary/aromatic N) is 5. The summed E-state index contributed by atoms with van der Waals surface area (Å²) >= 11 is 0. The number of nitro groups is 1. The molecular formula is C12H12N6O2. The van der Waals surface area contributed by atoms with Gasteiger partial charge in [-0.15, -0.1) is 5.11 Å². The van der Waals surface area contributed by atoms with Crippen LogP contribution in [0.1, 0.15) is 11.4 Å². The van der Waals surface area contributed by atoms with Crippen molar-refractivity contribution in [1.29, 1.82) is 0 Å². The Bertz CT molecular complexity index is 675. The van der Waals surface area contributed by atoms with Crippen molar-refractivity contribution in [1.82, 2.24) is 9.97 Å². The summed E-state index contributed by atoms with van der Waals surface area (Å²) in [5, 5.41) is 18.7. The quantitative estimate of drug-likeness (QED) is 0.523. The van der Waals surface area contributed by atoms with Gasteiger partial charge in [0.15, 0.2) is 0 Å². The van der Waals surface area contributed by atoms with Crippen LogP contribution in [0.3, 0.4) is 0 Å². The van der Waals surface area contributed by atoms with E-state index in [4.69, 9.17) is 5.73 Å². The molecule has 1 aromatic carbocycles. The summed E-state index contributed by atoms with van der Waals surface area (Å²) in [4.78, 5) is 18.2. The summed E-state index contributed by atoms with van der Waals surface area (Å²) in [6.45, 7) is 3.49. The van der Waals surface area contributed by atoms with Crippen LogP contribution >= 0.6 is 0 Å². The van der Waals surface area contributed by atoms with Gasteiger partial charge < -0.3 is 5.73 Å². The Morgan fingerprint density at radius 1 is 1.20 bits per heavy atom. The molecule has 8 heteroatoms. The van der Waals surface area contributed by atoms with Crippen LogP contribution in [0.15, 0.2) is 34.5 Å². The molecule has 102 valence electrons. The predicted molar refractivity (Wildman–Crippen MR) is 73.2 cm³/mol. The number of aryl methyl sites for hydroxylation is 2. The average molecular weight is 272 g/mol. The number of hydrogen-bond acceptors (Lipinski definition) is 7. The third-order valence-electron chi connectivity index (χ3n) is 2.56. The second-order valence-corrected chi connectivity index (χ2v) is 4.08. The molecule has 0 unspecified atom stereocenters. The lowest BCUT2D eigenvalue weighted by Gasteiger charge is -2.02. The van der Waals surface area contributed by atoms with E-state index in [0.29, 0.717) is 22.8 Å². The maximum atomic E-state index is 10.7. The van der Waals surface area contributed by atoms with Crippen molar-refractivity contribution >= 4 is 23.0 Å². The van der Waals surface area contributed by atoms with Gasteiger partial charge >= 0.3 is 0 Å². The van der Waals surface area contributed by atoms with Gasteiger partial charge in [-0.3, -0.25) is 10.1 Å². The van der Waals surface area contributed by atoms with E-state index < -0.39 is 4.92 Å². The lowest BCUT2D eigenvalue weighted by Crippen LogP contribution is -1.98. The molecule has 0 radical (unpaired) electrons. The van der Waals surface area contributed by atoms with E-state index in [1.165, 1.54) is 12.1 Å². The maximum Gasteiger partial charge on any atom is 0.271 e. The SMILES string of the molecule is Cc1nc(N)nc(C)c1N=Nc1cccc([N+](=O)[O-])c1. The summed E-state index contributed by atoms with van der Waals surface area (Å²) in [5.74, 6) is 0.175. The van der Waals surface area contributed by atoms with Crippen molar-refractivity contribution < 1.29 is 4.92 Å². The van der Waals surface area contributed by atoms with Gasteiger partial charge in [0, 0.05) is 12.1 Å². The minimum atomic E-state index is -0.484. The minimum Gasteiger partial charge on any atom is -0.368 e. The number of nitrogens with two attached hydrogens (primary N) is 1. The number of anilines is 1. The van der Waals surface area contributed by atoms with Gasteiger partial charge in [-0.25, -0.2) is 9.97 Å². The summed E-state index contributed by atoms with van der Waals surface area (Å²) in [7, 11) is 0. The Morgan fingerprint density at radius 3 is 2.45 bits per heavy atom. The number of azo groups is 1. The van der Waals surface area contributed by atoms with Crippen molar-refractivity contribution in [2.45, 2.75) is 13.8 Å². The fraction of sp³-hybridized carbons (Fsp3) is 0.167. The van der Waals surface area contributed by atoms with E-state index in [1.54, 1.807) is 26.0 Å².